The molecule has 0 saturated heterocycles. The van der Waals surface area contributed by atoms with E-state index >= 15 is 0 Å². The predicted octanol–water partition coefficient (Wildman–Crippen LogP) is 1.37. The van der Waals surface area contributed by atoms with Crippen molar-refractivity contribution in [2.24, 2.45) is 0 Å². The van der Waals surface area contributed by atoms with Crippen LogP contribution in [0.4, 0.5) is 13.2 Å². The normalized spacial score (nSPS) is 10.9. The summed E-state index contributed by atoms with van der Waals surface area (Å²) in [4.78, 5) is 21.6. The van der Waals surface area contributed by atoms with E-state index in [0.717, 1.165) is 0 Å². The minimum Gasteiger partial charge on any atom is -0.484 e. The molecule has 0 unspecified atom stereocenters. The summed E-state index contributed by atoms with van der Waals surface area (Å²) in [5.74, 6) is -1.72. The van der Waals surface area contributed by atoms with Crippen LogP contribution in [0.1, 0.15) is 5.56 Å². The number of amides is 1. The zero-order valence-corrected chi connectivity index (χ0v) is 10.2. The van der Waals surface area contributed by atoms with Crippen molar-refractivity contribution in [3.63, 3.8) is 0 Å². The van der Waals surface area contributed by atoms with Crippen LogP contribution < -0.4 is 10.1 Å². The van der Waals surface area contributed by atoms with E-state index in [1.807, 2.05) is 0 Å². The van der Waals surface area contributed by atoms with Gasteiger partial charge in [0.05, 0.1) is 6.42 Å². The van der Waals surface area contributed by atoms with Crippen LogP contribution in [-0.4, -0.2) is 36.3 Å². The Kier molecular flexibility index (Phi) is 5.36. The third-order valence-corrected chi connectivity index (χ3v) is 2.11. The number of hydrogen-bond donors (Lipinski definition) is 2. The summed E-state index contributed by atoms with van der Waals surface area (Å²) >= 11 is 0. The third kappa shape index (κ3) is 6.62. The fourth-order valence-electron chi connectivity index (χ4n) is 1.32. The van der Waals surface area contributed by atoms with E-state index in [0.29, 0.717) is 5.56 Å². The number of carbonyl (C=O) groups is 2. The first-order chi connectivity index (χ1) is 9.26. The highest BCUT2D eigenvalue weighted by molar-refractivity contribution is 5.77. The lowest BCUT2D eigenvalue weighted by Crippen LogP contribution is -2.36. The van der Waals surface area contributed by atoms with Gasteiger partial charge in [0.15, 0.2) is 6.61 Å². The molecule has 8 heteroatoms. The van der Waals surface area contributed by atoms with Gasteiger partial charge in [-0.1, -0.05) is 12.1 Å². The summed E-state index contributed by atoms with van der Waals surface area (Å²) in [7, 11) is 0. The van der Waals surface area contributed by atoms with Crippen LogP contribution in [0.5, 0.6) is 5.75 Å². The number of benzene rings is 1. The molecule has 1 amide bonds. The van der Waals surface area contributed by atoms with Gasteiger partial charge in [0.25, 0.3) is 5.91 Å². The molecule has 2 N–H and O–H groups in total. The van der Waals surface area contributed by atoms with Gasteiger partial charge < -0.3 is 15.2 Å². The number of hydrogen-bond acceptors (Lipinski definition) is 3. The molecule has 110 valence electrons. The molecule has 0 aromatic heterocycles. The molecule has 20 heavy (non-hydrogen) atoms. The zero-order valence-electron chi connectivity index (χ0n) is 10.2. The van der Waals surface area contributed by atoms with E-state index in [2.05, 4.69) is 0 Å². The molecule has 0 radical (unpaired) electrons. The van der Waals surface area contributed by atoms with Crippen LogP contribution in [0.25, 0.3) is 0 Å². The van der Waals surface area contributed by atoms with Crippen LogP contribution in [0, 0.1) is 0 Å². The SMILES string of the molecule is O=C(O)Cc1cccc(OCC(=O)NCC(F)(F)F)c1. The number of carboxylic acid groups (broad SMARTS) is 1. The second kappa shape index (κ2) is 6.78. The average molecular weight is 291 g/mol. The number of rotatable bonds is 6. The lowest BCUT2D eigenvalue weighted by Gasteiger charge is -2.10. The molecule has 0 spiro atoms. The Labute approximate surface area is 112 Å². The molecule has 0 heterocycles. The number of halogens is 3. The summed E-state index contributed by atoms with van der Waals surface area (Å²) in [6.07, 6.45) is -4.69. The van der Waals surface area contributed by atoms with Crippen molar-refractivity contribution in [1.82, 2.24) is 5.32 Å². The maximum absolute atomic E-state index is 11.8. The van der Waals surface area contributed by atoms with Crippen LogP contribution in [0.3, 0.4) is 0 Å². The third-order valence-electron chi connectivity index (χ3n) is 2.11. The van der Waals surface area contributed by atoms with Crippen molar-refractivity contribution in [2.45, 2.75) is 12.6 Å². The van der Waals surface area contributed by atoms with Gasteiger partial charge in [0.2, 0.25) is 0 Å². The van der Waals surface area contributed by atoms with Crippen LogP contribution in [0.15, 0.2) is 24.3 Å². The van der Waals surface area contributed by atoms with Gasteiger partial charge >= 0.3 is 12.1 Å². The lowest BCUT2D eigenvalue weighted by molar-refractivity contribution is -0.139. The van der Waals surface area contributed by atoms with Gasteiger partial charge in [-0.2, -0.15) is 13.2 Å². The minimum absolute atomic E-state index is 0.211. The van der Waals surface area contributed by atoms with Gasteiger partial charge in [-0.25, -0.2) is 0 Å². The van der Waals surface area contributed by atoms with Crippen molar-refractivity contribution in [2.75, 3.05) is 13.2 Å². The smallest absolute Gasteiger partial charge is 0.405 e. The Morgan fingerprint density at radius 3 is 2.60 bits per heavy atom. The van der Waals surface area contributed by atoms with Gasteiger partial charge in [-0.15, -0.1) is 0 Å². The fourth-order valence-corrected chi connectivity index (χ4v) is 1.32. The largest absolute Gasteiger partial charge is 0.484 e. The van der Waals surface area contributed by atoms with E-state index in [1.165, 1.54) is 18.2 Å². The average Bonchev–Trinajstić information content (AvgIpc) is 2.32. The lowest BCUT2D eigenvalue weighted by atomic mass is 10.1. The van der Waals surface area contributed by atoms with Gasteiger partial charge in [0.1, 0.15) is 12.3 Å². The van der Waals surface area contributed by atoms with Crippen molar-refractivity contribution < 1.29 is 32.6 Å². The van der Waals surface area contributed by atoms with Crippen LogP contribution in [0.2, 0.25) is 0 Å². The van der Waals surface area contributed by atoms with E-state index in [4.69, 9.17) is 9.84 Å². The second-order valence-electron chi connectivity index (χ2n) is 3.90. The Balaban J connectivity index is 2.45. The number of carbonyl (C=O) groups excluding carboxylic acids is 1. The van der Waals surface area contributed by atoms with E-state index in [9.17, 15) is 22.8 Å². The van der Waals surface area contributed by atoms with Gasteiger partial charge in [-0.05, 0) is 17.7 Å². The molecule has 0 fully saturated rings. The second-order valence-corrected chi connectivity index (χ2v) is 3.90. The molecule has 0 aliphatic carbocycles. The number of carboxylic acids is 1. The number of aliphatic carboxylic acids is 1. The molecule has 0 atom stereocenters. The summed E-state index contributed by atoms with van der Waals surface area (Å²) < 4.78 is 40.5. The number of nitrogens with one attached hydrogen (secondary N) is 1. The Morgan fingerprint density at radius 2 is 2.00 bits per heavy atom. The summed E-state index contributed by atoms with van der Waals surface area (Å²) in [5.41, 5.74) is 0.464. The molecular weight excluding hydrogens is 279 g/mol. The minimum atomic E-state index is -4.48. The topological polar surface area (TPSA) is 75.6 Å². The standard InChI is InChI=1S/C12H12F3NO4/c13-12(14,15)7-16-10(17)6-20-9-3-1-2-8(4-9)5-11(18)19/h1-4H,5-7H2,(H,16,17)(H,18,19). The molecule has 1 rings (SSSR count). The maximum Gasteiger partial charge on any atom is 0.405 e. The summed E-state index contributed by atoms with van der Waals surface area (Å²) in [5, 5.41) is 10.3. The van der Waals surface area contributed by atoms with Crippen molar-refractivity contribution in [3.8, 4) is 5.75 Å². The monoisotopic (exact) mass is 291 g/mol. The Bertz CT molecular complexity index is 488. The first kappa shape index (κ1) is 15.8. The van der Waals surface area contributed by atoms with Gasteiger partial charge in [0, 0.05) is 0 Å². The number of alkyl halides is 3. The highest BCUT2D eigenvalue weighted by atomic mass is 19.4. The van der Waals surface area contributed by atoms with Crippen LogP contribution in [-0.2, 0) is 16.0 Å². The first-order valence-corrected chi connectivity index (χ1v) is 5.53. The summed E-state index contributed by atoms with van der Waals surface area (Å²) in [6, 6.07) is 5.97. The molecule has 1 aromatic rings. The van der Waals surface area contributed by atoms with Crippen molar-refractivity contribution in [1.29, 1.82) is 0 Å². The van der Waals surface area contributed by atoms with E-state index in [1.54, 1.807) is 11.4 Å². The van der Waals surface area contributed by atoms with E-state index in [-0.39, 0.29) is 12.2 Å². The van der Waals surface area contributed by atoms with Crippen LogP contribution >= 0.6 is 0 Å². The van der Waals surface area contributed by atoms with Crippen molar-refractivity contribution >= 4 is 11.9 Å². The quantitative estimate of drug-likeness (QED) is 0.830. The van der Waals surface area contributed by atoms with Gasteiger partial charge in [-0.3, -0.25) is 9.59 Å². The molecule has 0 saturated carbocycles. The first-order valence-electron chi connectivity index (χ1n) is 5.53. The summed E-state index contributed by atoms with van der Waals surface area (Å²) in [6.45, 7) is -2.00. The Hall–Kier alpha value is -2.25. The molecule has 0 bridgehead atoms. The molecule has 0 aliphatic rings. The maximum atomic E-state index is 11.8. The molecule has 1 aromatic carbocycles. The molecule has 5 nitrogen and oxygen atoms in total. The fraction of sp³-hybridized carbons (Fsp3) is 0.333. The highest BCUT2D eigenvalue weighted by Gasteiger charge is 2.27. The highest BCUT2D eigenvalue weighted by Crippen LogP contribution is 2.14. The molecule has 0 aliphatic heterocycles. The van der Waals surface area contributed by atoms with Crippen molar-refractivity contribution in [3.05, 3.63) is 29.8 Å². The molecular formula is C12H12F3NO4. The zero-order chi connectivity index (χ0) is 15.2. The number of ether oxygens (including phenoxy) is 1. The predicted molar refractivity (Wildman–Crippen MR) is 62.3 cm³/mol. The Morgan fingerprint density at radius 1 is 1.30 bits per heavy atom. The van der Waals surface area contributed by atoms with E-state index < -0.39 is 31.2 Å².